The van der Waals surface area contributed by atoms with Crippen molar-refractivity contribution in [3.8, 4) is 22.8 Å². The fourth-order valence-electron chi connectivity index (χ4n) is 5.00. The Labute approximate surface area is 254 Å². The Morgan fingerprint density at radius 2 is 1.58 bits per heavy atom. The zero-order valence-corrected chi connectivity index (χ0v) is 28.3. The Bertz CT molecular complexity index is 1490. The summed E-state index contributed by atoms with van der Waals surface area (Å²) in [6, 6.07) is 7.08. The molecule has 0 bridgehead atoms. The molecule has 0 aliphatic heterocycles. The number of benzene rings is 1. The summed E-state index contributed by atoms with van der Waals surface area (Å²) in [4.78, 5) is 14.0. The van der Waals surface area contributed by atoms with Crippen molar-refractivity contribution in [2.75, 3.05) is 13.2 Å². The zero-order valence-electron chi connectivity index (χ0n) is 26.3. The first-order valence-corrected chi connectivity index (χ1v) is 22.8. The van der Waals surface area contributed by atoms with E-state index >= 15 is 0 Å². The highest BCUT2D eigenvalue weighted by atomic mass is 28.3. The second-order valence-electron chi connectivity index (χ2n) is 14.2. The summed E-state index contributed by atoms with van der Waals surface area (Å²) in [5.74, 6) is 0.499. The maximum atomic E-state index is 14.0. The minimum Gasteiger partial charge on any atom is -0.487 e. The minimum absolute atomic E-state index is 0.00663. The molecule has 0 radical (unpaired) electrons. The number of hydrogen-bond acceptors (Lipinski definition) is 6. The highest BCUT2D eigenvalue weighted by Crippen LogP contribution is 2.49. The van der Waals surface area contributed by atoms with E-state index in [1.54, 1.807) is 18.3 Å². The van der Waals surface area contributed by atoms with Crippen molar-refractivity contribution in [2.24, 2.45) is 0 Å². The van der Waals surface area contributed by atoms with Gasteiger partial charge in [0.15, 0.2) is 11.5 Å². The summed E-state index contributed by atoms with van der Waals surface area (Å²) >= 11 is 0. The molecule has 12 heteroatoms. The molecule has 0 N–H and O–H groups in total. The third-order valence-electron chi connectivity index (χ3n) is 7.77. The van der Waals surface area contributed by atoms with E-state index in [1.807, 2.05) is 4.57 Å². The van der Waals surface area contributed by atoms with Gasteiger partial charge in [0.25, 0.3) is 5.56 Å². The summed E-state index contributed by atoms with van der Waals surface area (Å²) in [5, 5.41) is 5.12. The lowest BCUT2D eigenvalue weighted by Gasteiger charge is -2.18. The van der Waals surface area contributed by atoms with Gasteiger partial charge >= 0.3 is 6.61 Å². The van der Waals surface area contributed by atoms with Crippen LogP contribution < -0.4 is 15.0 Å². The number of nitrogens with zero attached hydrogens (tertiary/aromatic N) is 3. The van der Waals surface area contributed by atoms with Gasteiger partial charge in [0.05, 0.1) is 28.9 Å². The van der Waals surface area contributed by atoms with Crippen LogP contribution in [0.2, 0.25) is 51.4 Å². The lowest BCUT2D eigenvalue weighted by atomic mass is 10.0. The van der Waals surface area contributed by atoms with Crippen LogP contribution >= 0.6 is 0 Å². The van der Waals surface area contributed by atoms with Gasteiger partial charge in [-0.05, 0) is 67.5 Å². The van der Waals surface area contributed by atoms with E-state index in [0.717, 1.165) is 54.6 Å². The number of rotatable bonds is 16. The molecule has 0 amide bonds. The number of alkyl halides is 2. The molecule has 5 rings (SSSR count). The molecule has 0 spiro atoms. The van der Waals surface area contributed by atoms with Crippen LogP contribution in [0.5, 0.6) is 11.5 Å². The highest BCUT2D eigenvalue weighted by molar-refractivity contribution is 6.76. The Morgan fingerprint density at radius 1 is 0.930 bits per heavy atom. The fraction of sp³-hybridized carbons (Fsp3) is 0.613. The average Bonchev–Trinajstić information content (AvgIpc) is 3.84. The van der Waals surface area contributed by atoms with Gasteiger partial charge in [0.1, 0.15) is 13.5 Å². The molecular formula is C31H45F2N3O5Si2. The van der Waals surface area contributed by atoms with E-state index in [-0.39, 0.29) is 42.5 Å². The van der Waals surface area contributed by atoms with Crippen molar-refractivity contribution in [3.63, 3.8) is 0 Å². The van der Waals surface area contributed by atoms with Crippen LogP contribution in [0.4, 0.5) is 8.78 Å². The van der Waals surface area contributed by atoms with E-state index in [0.29, 0.717) is 24.1 Å². The van der Waals surface area contributed by atoms with Crippen molar-refractivity contribution >= 4 is 27.1 Å². The van der Waals surface area contributed by atoms with Crippen LogP contribution in [0.3, 0.4) is 0 Å². The quantitative estimate of drug-likeness (QED) is 0.120. The van der Waals surface area contributed by atoms with E-state index in [2.05, 4.69) is 44.4 Å². The summed E-state index contributed by atoms with van der Waals surface area (Å²) in [7, 11) is -2.58. The lowest BCUT2D eigenvalue weighted by Crippen LogP contribution is -2.26. The molecule has 0 saturated heterocycles. The Balaban J connectivity index is 1.58. The Morgan fingerprint density at radius 3 is 2.16 bits per heavy atom. The summed E-state index contributed by atoms with van der Waals surface area (Å²) in [6.07, 6.45) is 5.41. The van der Waals surface area contributed by atoms with Gasteiger partial charge in [-0.15, -0.1) is 0 Å². The number of halogens is 2. The van der Waals surface area contributed by atoms with Crippen LogP contribution in [0, 0.1) is 0 Å². The minimum atomic E-state index is -2.96. The Kier molecular flexibility index (Phi) is 9.50. The van der Waals surface area contributed by atoms with Crippen LogP contribution in [0.25, 0.3) is 22.2 Å². The van der Waals surface area contributed by atoms with Crippen LogP contribution in [-0.2, 0) is 22.9 Å². The smallest absolute Gasteiger partial charge is 0.387 e. The van der Waals surface area contributed by atoms with Crippen molar-refractivity contribution < 1.29 is 27.7 Å². The molecule has 1 aromatic carbocycles. The second kappa shape index (κ2) is 12.8. The first-order valence-electron chi connectivity index (χ1n) is 15.3. The van der Waals surface area contributed by atoms with Crippen molar-refractivity contribution in [2.45, 2.75) is 109 Å². The molecular weight excluding hydrogens is 589 g/mol. The predicted molar refractivity (Wildman–Crippen MR) is 170 cm³/mol. The standard InChI is InChI=1S/C31H45F2N3O5Si2/c1-42(2,3)15-13-38-19-35-24-18-34-36(20-39-14-16-43(4,5)6)30(37)28(24)27(21-7-8-21)29(35)22-9-12-25(41-31(32)33)26(17-22)40-23-10-11-23/h9,12,17-18,21,23,31H,7-8,10-11,13-16,19-20H2,1-6H3. The first kappa shape index (κ1) is 31.9. The molecule has 43 heavy (non-hydrogen) atoms. The molecule has 236 valence electrons. The predicted octanol–water partition coefficient (Wildman–Crippen LogP) is 7.51. The van der Waals surface area contributed by atoms with Gasteiger partial charge in [0, 0.05) is 34.9 Å². The van der Waals surface area contributed by atoms with E-state index in [1.165, 1.54) is 10.7 Å². The van der Waals surface area contributed by atoms with Gasteiger partial charge < -0.3 is 23.5 Å². The molecule has 0 atom stereocenters. The normalized spacial score (nSPS) is 15.9. The molecule has 2 saturated carbocycles. The second-order valence-corrected chi connectivity index (χ2v) is 25.5. The first-order chi connectivity index (χ1) is 20.3. The average molecular weight is 634 g/mol. The number of aromatic nitrogens is 3. The van der Waals surface area contributed by atoms with Gasteiger partial charge in [0.2, 0.25) is 0 Å². The molecule has 3 aromatic rings. The Hall–Kier alpha value is -2.55. The molecule has 2 aliphatic rings. The van der Waals surface area contributed by atoms with Gasteiger partial charge in [-0.3, -0.25) is 4.79 Å². The zero-order chi connectivity index (χ0) is 30.9. The maximum absolute atomic E-state index is 14.0. The van der Waals surface area contributed by atoms with Crippen molar-refractivity contribution in [1.29, 1.82) is 0 Å². The monoisotopic (exact) mass is 633 g/mol. The van der Waals surface area contributed by atoms with Gasteiger partial charge in [-0.2, -0.15) is 13.9 Å². The molecule has 0 unspecified atom stereocenters. The van der Waals surface area contributed by atoms with Crippen LogP contribution in [0.1, 0.15) is 37.2 Å². The molecule has 8 nitrogen and oxygen atoms in total. The topological polar surface area (TPSA) is 76.7 Å². The van der Waals surface area contributed by atoms with E-state index < -0.39 is 22.8 Å². The lowest BCUT2D eigenvalue weighted by molar-refractivity contribution is -0.0516. The number of ether oxygens (including phenoxy) is 4. The van der Waals surface area contributed by atoms with E-state index in [9.17, 15) is 13.6 Å². The van der Waals surface area contributed by atoms with Crippen molar-refractivity contribution in [3.05, 3.63) is 40.3 Å². The van der Waals surface area contributed by atoms with Crippen LogP contribution in [0.15, 0.2) is 29.2 Å². The SMILES string of the molecule is C[Si](C)(C)CCOCn1ncc2c(c(C3CC3)c(-c3ccc(OC(F)F)c(OC4CC4)c3)n2COCC[Si](C)(C)C)c1=O. The maximum Gasteiger partial charge on any atom is 0.387 e. The fourth-order valence-corrected chi connectivity index (χ4v) is 6.51. The van der Waals surface area contributed by atoms with Gasteiger partial charge in [-0.25, -0.2) is 4.68 Å². The van der Waals surface area contributed by atoms with Crippen molar-refractivity contribution in [1.82, 2.24) is 14.3 Å². The molecule has 2 aliphatic carbocycles. The summed E-state index contributed by atoms with van der Waals surface area (Å²) in [5.41, 5.74) is 3.06. The third kappa shape index (κ3) is 8.34. The number of hydrogen-bond donors (Lipinski definition) is 0. The van der Waals surface area contributed by atoms with Gasteiger partial charge in [-0.1, -0.05) is 39.3 Å². The molecule has 2 fully saturated rings. The molecule has 2 heterocycles. The summed E-state index contributed by atoms with van der Waals surface area (Å²) < 4.78 is 52.8. The summed E-state index contributed by atoms with van der Waals surface area (Å²) in [6.45, 7) is 12.4. The molecule has 2 aromatic heterocycles. The highest BCUT2D eigenvalue weighted by Gasteiger charge is 2.35. The number of fused-ring (bicyclic) bond motifs is 1. The largest absolute Gasteiger partial charge is 0.487 e. The van der Waals surface area contributed by atoms with E-state index in [4.69, 9.17) is 18.9 Å². The van der Waals surface area contributed by atoms with Crippen LogP contribution in [-0.4, -0.2) is 56.4 Å². The third-order valence-corrected chi connectivity index (χ3v) is 11.2.